The summed E-state index contributed by atoms with van der Waals surface area (Å²) in [4.78, 5) is 8.99. The molecule has 2 heterocycles. The maximum Gasteiger partial charge on any atom is 0.245 e. The molecule has 0 atom stereocenters. The molecule has 1 aromatic heterocycles. The maximum absolute atomic E-state index is 4.46. The van der Waals surface area contributed by atoms with E-state index in [2.05, 4.69) is 30.3 Å². The first-order valence-electron chi connectivity index (χ1n) is 6.49. The Balaban J connectivity index is 1.86. The molecule has 6 nitrogen and oxygen atoms in total. The summed E-state index contributed by atoms with van der Waals surface area (Å²) in [6.07, 6.45) is 0. The zero-order chi connectivity index (χ0) is 13.0. The number of aryl methyl sites for hydroxylation is 2. The lowest BCUT2D eigenvalue weighted by Crippen LogP contribution is -2.46. The number of hydrogen-bond acceptors (Lipinski definition) is 6. The minimum atomic E-state index is 0.716. The van der Waals surface area contributed by atoms with Crippen LogP contribution < -0.4 is 10.2 Å². The molecule has 0 aromatic carbocycles. The van der Waals surface area contributed by atoms with Gasteiger partial charge in [0.1, 0.15) is 0 Å². The Morgan fingerprint density at radius 2 is 1.89 bits per heavy atom. The SMILES string of the molecule is Cc1nnc(N(C)CCN2CCNCC2)nc1C. The lowest BCUT2D eigenvalue weighted by atomic mass is 10.3. The van der Waals surface area contributed by atoms with E-state index in [4.69, 9.17) is 0 Å². The minimum Gasteiger partial charge on any atom is -0.341 e. The molecule has 1 aliphatic rings. The van der Waals surface area contributed by atoms with Crippen molar-refractivity contribution in [1.82, 2.24) is 25.4 Å². The Morgan fingerprint density at radius 1 is 1.17 bits per heavy atom. The number of rotatable bonds is 4. The third-order valence-corrected chi connectivity index (χ3v) is 3.38. The highest BCUT2D eigenvalue weighted by Crippen LogP contribution is 2.06. The van der Waals surface area contributed by atoms with Crippen molar-refractivity contribution >= 4 is 5.95 Å². The standard InChI is InChI=1S/C12H22N6/c1-10-11(2)15-16-12(14-10)17(3)8-9-18-6-4-13-5-7-18/h13H,4-9H2,1-3H3. The Labute approximate surface area is 108 Å². The van der Waals surface area contributed by atoms with Gasteiger partial charge in [-0.3, -0.25) is 4.90 Å². The van der Waals surface area contributed by atoms with E-state index in [1.807, 2.05) is 20.9 Å². The van der Waals surface area contributed by atoms with E-state index in [0.29, 0.717) is 5.95 Å². The molecule has 1 aliphatic heterocycles. The van der Waals surface area contributed by atoms with E-state index in [1.54, 1.807) is 0 Å². The summed E-state index contributed by atoms with van der Waals surface area (Å²) < 4.78 is 0. The molecule has 0 radical (unpaired) electrons. The van der Waals surface area contributed by atoms with Gasteiger partial charge in [-0.1, -0.05) is 0 Å². The van der Waals surface area contributed by atoms with Gasteiger partial charge in [0.15, 0.2) is 0 Å². The third-order valence-electron chi connectivity index (χ3n) is 3.38. The predicted octanol–water partition coefficient (Wildman–Crippen LogP) is -0.170. The van der Waals surface area contributed by atoms with Gasteiger partial charge in [-0.15, -0.1) is 5.10 Å². The van der Waals surface area contributed by atoms with Gasteiger partial charge in [0.2, 0.25) is 5.95 Å². The summed E-state index contributed by atoms with van der Waals surface area (Å²) in [5.41, 5.74) is 1.85. The summed E-state index contributed by atoms with van der Waals surface area (Å²) >= 11 is 0. The van der Waals surface area contributed by atoms with Crippen LogP contribution in [-0.2, 0) is 0 Å². The van der Waals surface area contributed by atoms with Crippen LogP contribution in [0.25, 0.3) is 0 Å². The molecule has 0 aliphatic carbocycles. The van der Waals surface area contributed by atoms with Gasteiger partial charge in [-0.05, 0) is 13.8 Å². The van der Waals surface area contributed by atoms with Crippen molar-refractivity contribution in [2.75, 3.05) is 51.2 Å². The second kappa shape index (κ2) is 6.06. The average molecular weight is 250 g/mol. The molecule has 6 heteroatoms. The quantitative estimate of drug-likeness (QED) is 0.801. The van der Waals surface area contributed by atoms with Gasteiger partial charge in [0, 0.05) is 46.3 Å². The zero-order valence-corrected chi connectivity index (χ0v) is 11.5. The van der Waals surface area contributed by atoms with Crippen molar-refractivity contribution in [2.24, 2.45) is 0 Å². The molecule has 100 valence electrons. The number of piperazine rings is 1. The van der Waals surface area contributed by atoms with Crippen molar-refractivity contribution in [3.8, 4) is 0 Å². The van der Waals surface area contributed by atoms with Gasteiger partial charge in [-0.2, -0.15) is 5.10 Å². The monoisotopic (exact) mass is 250 g/mol. The molecule has 0 saturated carbocycles. The number of nitrogens with zero attached hydrogens (tertiary/aromatic N) is 5. The van der Waals surface area contributed by atoms with Gasteiger partial charge in [-0.25, -0.2) is 4.98 Å². The van der Waals surface area contributed by atoms with Crippen LogP contribution in [0.3, 0.4) is 0 Å². The fourth-order valence-electron chi connectivity index (χ4n) is 1.93. The largest absolute Gasteiger partial charge is 0.341 e. The van der Waals surface area contributed by atoms with Crippen molar-refractivity contribution in [3.05, 3.63) is 11.4 Å². The smallest absolute Gasteiger partial charge is 0.245 e. The van der Waals surface area contributed by atoms with E-state index in [0.717, 1.165) is 50.7 Å². The van der Waals surface area contributed by atoms with Crippen LogP contribution in [0.5, 0.6) is 0 Å². The average Bonchev–Trinajstić information content (AvgIpc) is 2.40. The molecule has 0 unspecified atom stereocenters. The lowest BCUT2D eigenvalue weighted by molar-refractivity contribution is 0.246. The number of likely N-dealkylation sites (N-methyl/N-ethyl adjacent to an activating group) is 1. The molecule has 18 heavy (non-hydrogen) atoms. The second-order valence-electron chi connectivity index (χ2n) is 4.80. The van der Waals surface area contributed by atoms with E-state index >= 15 is 0 Å². The first-order valence-corrected chi connectivity index (χ1v) is 6.49. The van der Waals surface area contributed by atoms with Crippen LogP contribution in [0.4, 0.5) is 5.95 Å². The maximum atomic E-state index is 4.46. The summed E-state index contributed by atoms with van der Waals surface area (Å²) in [6, 6.07) is 0. The molecule has 0 spiro atoms. The minimum absolute atomic E-state index is 0.716. The lowest BCUT2D eigenvalue weighted by Gasteiger charge is -2.29. The molecule has 0 amide bonds. The van der Waals surface area contributed by atoms with Crippen LogP contribution in [-0.4, -0.2) is 66.4 Å². The first-order chi connectivity index (χ1) is 8.66. The van der Waals surface area contributed by atoms with Crippen LogP contribution in [0.1, 0.15) is 11.4 Å². The summed E-state index contributed by atoms with van der Waals surface area (Å²) in [5.74, 6) is 0.716. The van der Waals surface area contributed by atoms with Crippen molar-refractivity contribution < 1.29 is 0 Å². The summed E-state index contributed by atoms with van der Waals surface area (Å²) in [5, 5.41) is 11.6. The molecule has 1 aromatic rings. The van der Waals surface area contributed by atoms with E-state index < -0.39 is 0 Å². The molecular formula is C12H22N6. The number of anilines is 1. The Kier molecular flexibility index (Phi) is 4.43. The number of aromatic nitrogens is 3. The van der Waals surface area contributed by atoms with Crippen LogP contribution in [0.2, 0.25) is 0 Å². The van der Waals surface area contributed by atoms with Crippen molar-refractivity contribution in [3.63, 3.8) is 0 Å². The van der Waals surface area contributed by atoms with Crippen LogP contribution in [0.15, 0.2) is 0 Å². The molecule has 1 fully saturated rings. The fourth-order valence-corrected chi connectivity index (χ4v) is 1.93. The van der Waals surface area contributed by atoms with Crippen molar-refractivity contribution in [2.45, 2.75) is 13.8 Å². The zero-order valence-electron chi connectivity index (χ0n) is 11.5. The molecule has 1 N–H and O–H groups in total. The highest BCUT2D eigenvalue weighted by atomic mass is 15.3. The van der Waals surface area contributed by atoms with Gasteiger partial charge < -0.3 is 10.2 Å². The predicted molar refractivity (Wildman–Crippen MR) is 71.9 cm³/mol. The van der Waals surface area contributed by atoms with Crippen LogP contribution >= 0.6 is 0 Å². The van der Waals surface area contributed by atoms with E-state index in [1.165, 1.54) is 0 Å². The Bertz CT molecular complexity index is 388. The summed E-state index contributed by atoms with van der Waals surface area (Å²) in [6.45, 7) is 10.3. The number of hydrogen-bond donors (Lipinski definition) is 1. The topological polar surface area (TPSA) is 57.2 Å². The highest BCUT2D eigenvalue weighted by Gasteiger charge is 2.12. The van der Waals surface area contributed by atoms with Crippen LogP contribution in [0, 0.1) is 13.8 Å². The van der Waals surface area contributed by atoms with Gasteiger partial charge in [0.05, 0.1) is 11.4 Å². The Hall–Kier alpha value is -1.27. The molecular weight excluding hydrogens is 228 g/mol. The highest BCUT2D eigenvalue weighted by molar-refractivity contribution is 5.28. The van der Waals surface area contributed by atoms with Gasteiger partial charge in [0.25, 0.3) is 0 Å². The second-order valence-corrected chi connectivity index (χ2v) is 4.80. The summed E-state index contributed by atoms with van der Waals surface area (Å²) in [7, 11) is 2.02. The normalized spacial score (nSPS) is 16.8. The van der Waals surface area contributed by atoms with E-state index in [-0.39, 0.29) is 0 Å². The van der Waals surface area contributed by atoms with Gasteiger partial charge >= 0.3 is 0 Å². The fraction of sp³-hybridized carbons (Fsp3) is 0.750. The number of nitrogens with one attached hydrogen (secondary N) is 1. The molecule has 1 saturated heterocycles. The Morgan fingerprint density at radius 3 is 2.56 bits per heavy atom. The third kappa shape index (κ3) is 3.36. The van der Waals surface area contributed by atoms with E-state index in [9.17, 15) is 0 Å². The van der Waals surface area contributed by atoms with Crippen molar-refractivity contribution in [1.29, 1.82) is 0 Å². The molecule has 0 bridgehead atoms. The molecule has 2 rings (SSSR count). The first kappa shape index (κ1) is 13.2.